The van der Waals surface area contributed by atoms with E-state index in [4.69, 9.17) is 0 Å². The summed E-state index contributed by atoms with van der Waals surface area (Å²) in [6.07, 6.45) is 4.74. The van der Waals surface area contributed by atoms with E-state index in [-0.39, 0.29) is 17.2 Å². The SMILES string of the molecule is CCCCCc1ccc(NS(=O)(=O)c2ccc3c(c2)CC(=O)N3)cc1. The molecule has 2 aromatic carbocycles. The van der Waals surface area contributed by atoms with Crippen molar-refractivity contribution in [2.24, 2.45) is 0 Å². The van der Waals surface area contributed by atoms with Crippen molar-refractivity contribution in [3.8, 4) is 0 Å². The molecule has 0 unspecified atom stereocenters. The van der Waals surface area contributed by atoms with Crippen LogP contribution in [0.25, 0.3) is 0 Å². The van der Waals surface area contributed by atoms with Crippen LogP contribution in [0.15, 0.2) is 47.4 Å². The lowest BCUT2D eigenvalue weighted by atomic mass is 10.1. The fourth-order valence-corrected chi connectivity index (χ4v) is 4.01. The van der Waals surface area contributed by atoms with Crippen LogP contribution in [0.3, 0.4) is 0 Å². The van der Waals surface area contributed by atoms with Gasteiger partial charge in [-0.25, -0.2) is 8.42 Å². The maximum absolute atomic E-state index is 12.6. The Hall–Kier alpha value is -2.34. The largest absolute Gasteiger partial charge is 0.326 e. The van der Waals surface area contributed by atoms with Crippen LogP contribution in [-0.2, 0) is 27.7 Å². The van der Waals surface area contributed by atoms with Gasteiger partial charge >= 0.3 is 0 Å². The van der Waals surface area contributed by atoms with Crippen LogP contribution in [0.2, 0.25) is 0 Å². The van der Waals surface area contributed by atoms with Gasteiger partial charge in [0.1, 0.15) is 0 Å². The zero-order chi connectivity index (χ0) is 17.9. The molecule has 5 nitrogen and oxygen atoms in total. The van der Waals surface area contributed by atoms with Crippen molar-refractivity contribution >= 4 is 27.3 Å². The number of aryl methyl sites for hydroxylation is 1. The van der Waals surface area contributed by atoms with Gasteiger partial charge in [0.25, 0.3) is 10.0 Å². The minimum Gasteiger partial charge on any atom is -0.326 e. The molecule has 2 N–H and O–H groups in total. The molecule has 1 aliphatic heterocycles. The number of hydrogen-bond acceptors (Lipinski definition) is 3. The van der Waals surface area contributed by atoms with E-state index in [0.29, 0.717) is 16.9 Å². The molecule has 0 aliphatic carbocycles. The Labute approximate surface area is 148 Å². The molecule has 1 amide bonds. The lowest BCUT2D eigenvalue weighted by Crippen LogP contribution is -2.13. The molecule has 1 aliphatic rings. The molecule has 1 heterocycles. The molecule has 0 saturated carbocycles. The highest BCUT2D eigenvalue weighted by atomic mass is 32.2. The van der Waals surface area contributed by atoms with Crippen LogP contribution in [0.4, 0.5) is 11.4 Å². The van der Waals surface area contributed by atoms with Crippen LogP contribution >= 0.6 is 0 Å². The third-order valence-electron chi connectivity index (χ3n) is 4.29. The second-order valence-electron chi connectivity index (χ2n) is 6.30. The van der Waals surface area contributed by atoms with Crippen molar-refractivity contribution < 1.29 is 13.2 Å². The first kappa shape index (κ1) is 17.5. The molecule has 132 valence electrons. The third kappa shape index (κ3) is 4.20. The Morgan fingerprint density at radius 2 is 1.84 bits per heavy atom. The summed E-state index contributed by atoms with van der Waals surface area (Å²) in [4.78, 5) is 11.6. The molecule has 25 heavy (non-hydrogen) atoms. The number of amides is 1. The minimum atomic E-state index is -3.68. The van der Waals surface area contributed by atoms with E-state index in [0.717, 1.165) is 12.8 Å². The second-order valence-corrected chi connectivity index (χ2v) is 7.99. The van der Waals surface area contributed by atoms with Gasteiger partial charge in [-0.1, -0.05) is 31.9 Å². The number of hydrogen-bond donors (Lipinski definition) is 2. The molecule has 3 rings (SSSR count). The van der Waals surface area contributed by atoms with Gasteiger partial charge in [-0.3, -0.25) is 9.52 Å². The molecular weight excluding hydrogens is 336 g/mol. The van der Waals surface area contributed by atoms with Gasteiger partial charge in [0.15, 0.2) is 0 Å². The standard InChI is InChI=1S/C19H22N2O3S/c1-2-3-4-5-14-6-8-16(9-7-14)21-25(23,24)17-10-11-18-15(12-17)13-19(22)20-18/h6-12,21H,2-5,13H2,1H3,(H,20,22). The number of carbonyl (C=O) groups is 1. The van der Waals surface area contributed by atoms with Crippen LogP contribution in [-0.4, -0.2) is 14.3 Å². The summed E-state index contributed by atoms with van der Waals surface area (Å²) in [6, 6.07) is 12.2. The lowest BCUT2D eigenvalue weighted by Gasteiger charge is -2.10. The minimum absolute atomic E-state index is 0.115. The van der Waals surface area contributed by atoms with E-state index in [1.807, 2.05) is 12.1 Å². The Morgan fingerprint density at radius 3 is 2.56 bits per heavy atom. The summed E-state index contributed by atoms with van der Waals surface area (Å²) < 4.78 is 27.7. The summed E-state index contributed by atoms with van der Waals surface area (Å²) in [5, 5.41) is 2.70. The van der Waals surface area contributed by atoms with Crippen LogP contribution in [0.5, 0.6) is 0 Å². The Bertz CT molecular complexity index is 874. The van der Waals surface area contributed by atoms with Crippen molar-refractivity contribution in [1.29, 1.82) is 0 Å². The van der Waals surface area contributed by atoms with Crippen molar-refractivity contribution in [1.82, 2.24) is 0 Å². The van der Waals surface area contributed by atoms with E-state index < -0.39 is 10.0 Å². The maximum Gasteiger partial charge on any atom is 0.261 e. The van der Waals surface area contributed by atoms with Gasteiger partial charge in [0, 0.05) is 11.4 Å². The highest BCUT2D eigenvalue weighted by Crippen LogP contribution is 2.27. The van der Waals surface area contributed by atoms with Crippen molar-refractivity contribution in [2.75, 3.05) is 10.0 Å². The first-order valence-electron chi connectivity index (χ1n) is 8.52. The molecule has 0 bridgehead atoms. The van der Waals surface area contributed by atoms with Gasteiger partial charge < -0.3 is 5.32 Å². The van der Waals surface area contributed by atoms with E-state index in [2.05, 4.69) is 17.0 Å². The van der Waals surface area contributed by atoms with Crippen molar-refractivity contribution in [2.45, 2.75) is 43.9 Å². The number of nitrogens with one attached hydrogen (secondary N) is 2. The van der Waals surface area contributed by atoms with Gasteiger partial charge in [-0.05, 0) is 54.3 Å². The number of carbonyl (C=O) groups excluding carboxylic acids is 1. The first-order chi connectivity index (χ1) is 12.0. The Morgan fingerprint density at radius 1 is 1.08 bits per heavy atom. The summed E-state index contributed by atoms with van der Waals surface area (Å²) in [7, 11) is -3.68. The zero-order valence-electron chi connectivity index (χ0n) is 14.2. The topological polar surface area (TPSA) is 75.3 Å². The second kappa shape index (κ2) is 7.27. The molecule has 0 saturated heterocycles. The average molecular weight is 358 g/mol. The van der Waals surface area contributed by atoms with E-state index in [1.54, 1.807) is 24.3 Å². The molecule has 6 heteroatoms. The summed E-state index contributed by atoms with van der Waals surface area (Å²) >= 11 is 0. The number of anilines is 2. The normalized spacial score (nSPS) is 13.4. The maximum atomic E-state index is 12.6. The number of unbranched alkanes of at least 4 members (excludes halogenated alkanes) is 2. The summed E-state index contributed by atoms with van der Waals surface area (Å²) in [5.74, 6) is -0.115. The number of sulfonamides is 1. The monoisotopic (exact) mass is 358 g/mol. The fraction of sp³-hybridized carbons (Fsp3) is 0.316. The predicted octanol–water partition coefficient (Wildman–Crippen LogP) is 3.71. The number of benzene rings is 2. The Kier molecular flexibility index (Phi) is 5.08. The van der Waals surface area contributed by atoms with Gasteiger partial charge in [-0.2, -0.15) is 0 Å². The summed E-state index contributed by atoms with van der Waals surface area (Å²) in [5.41, 5.74) is 3.13. The molecule has 0 fully saturated rings. The summed E-state index contributed by atoms with van der Waals surface area (Å²) in [6.45, 7) is 2.17. The number of rotatable bonds is 7. The van der Waals surface area contributed by atoms with E-state index in [1.165, 1.54) is 24.5 Å². The van der Waals surface area contributed by atoms with Crippen molar-refractivity contribution in [3.05, 3.63) is 53.6 Å². The molecule has 0 atom stereocenters. The molecule has 0 radical (unpaired) electrons. The Balaban J connectivity index is 1.71. The van der Waals surface area contributed by atoms with E-state index in [9.17, 15) is 13.2 Å². The average Bonchev–Trinajstić information content (AvgIpc) is 2.95. The third-order valence-corrected chi connectivity index (χ3v) is 5.67. The predicted molar refractivity (Wildman–Crippen MR) is 99.3 cm³/mol. The smallest absolute Gasteiger partial charge is 0.261 e. The first-order valence-corrected chi connectivity index (χ1v) is 10.0. The van der Waals surface area contributed by atoms with Crippen molar-refractivity contribution in [3.63, 3.8) is 0 Å². The molecule has 0 spiro atoms. The lowest BCUT2D eigenvalue weighted by molar-refractivity contribution is -0.115. The fourth-order valence-electron chi connectivity index (χ4n) is 2.91. The van der Waals surface area contributed by atoms with Gasteiger partial charge in [0.05, 0.1) is 11.3 Å². The number of fused-ring (bicyclic) bond motifs is 1. The molecular formula is C19H22N2O3S. The van der Waals surface area contributed by atoms with Crippen LogP contribution in [0, 0.1) is 0 Å². The highest BCUT2D eigenvalue weighted by molar-refractivity contribution is 7.92. The van der Waals surface area contributed by atoms with Crippen LogP contribution < -0.4 is 10.0 Å². The van der Waals surface area contributed by atoms with E-state index >= 15 is 0 Å². The molecule has 0 aromatic heterocycles. The van der Waals surface area contributed by atoms with Gasteiger partial charge in [-0.15, -0.1) is 0 Å². The highest BCUT2D eigenvalue weighted by Gasteiger charge is 2.21. The van der Waals surface area contributed by atoms with Crippen LogP contribution in [0.1, 0.15) is 37.3 Å². The quantitative estimate of drug-likeness (QED) is 0.741. The van der Waals surface area contributed by atoms with Gasteiger partial charge in [0.2, 0.25) is 5.91 Å². The molecule has 2 aromatic rings. The zero-order valence-corrected chi connectivity index (χ0v) is 15.0.